The summed E-state index contributed by atoms with van der Waals surface area (Å²) in [7, 11) is 0. The molecule has 0 amide bonds. The Labute approximate surface area is 146 Å². The number of rotatable bonds is 2. The van der Waals surface area contributed by atoms with Crippen LogP contribution in [0.15, 0.2) is 24.3 Å². The standard InChI is InChI=1S/C20H21NO4/c1-18(2)14-9-11(10-21)5-6-12(14)13-7-8-20(16(22)23,17(24)25)19(3,4)15(13)18/h5-7,9,15H,8H2,1-4H3,(H,22,23)(H,24,25). The summed E-state index contributed by atoms with van der Waals surface area (Å²) in [5.41, 5.74) is 0.143. The highest BCUT2D eigenvalue weighted by molar-refractivity contribution is 6.01. The van der Waals surface area contributed by atoms with Gasteiger partial charge in [0.25, 0.3) is 0 Å². The molecule has 2 aliphatic carbocycles. The summed E-state index contributed by atoms with van der Waals surface area (Å²) >= 11 is 0. The van der Waals surface area contributed by atoms with Crippen LogP contribution in [0.3, 0.4) is 0 Å². The molecule has 5 heteroatoms. The second-order valence-electron chi connectivity index (χ2n) is 8.13. The van der Waals surface area contributed by atoms with Crippen LogP contribution in [0.25, 0.3) is 5.57 Å². The highest BCUT2D eigenvalue weighted by atomic mass is 16.4. The van der Waals surface area contributed by atoms with E-state index in [1.165, 1.54) is 0 Å². The Bertz CT molecular complexity index is 856. The molecule has 0 radical (unpaired) electrons. The van der Waals surface area contributed by atoms with Gasteiger partial charge in [-0.1, -0.05) is 39.8 Å². The molecular formula is C20H21NO4. The van der Waals surface area contributed by atoms with E-state index in [2.05, 4.69) is 6.07 Å². The lowest BCUT2D eigenvalue weighted by Crippen LogP contribution is -2.57. The number of nitriles is 1. The summed E-state index contributed by atoms with van der Waals surface area (Å²) in [5, 5.41) is 28.9. The minimum atomic E-state index is -1.88. The molecule has 130 valence electrons. The van der Waals surface area contributed by atoms with E-state index in [9.17, 15) is 25.1 Å². The lowest BCUT2D eigenvalue weighted by molar-refractivity contribution is -0.178. The molecule has 0 spiro atoms. The van der Waals surface area contributed by atoms with Gasteiger partial charge in [-0.25, -0.2) is 0 Å². The van der Waals surface area contributed by atoms with Crippen molar-refractivity contribution >= 4 is 17.5 Å². The number of nitrogens with zero attached hydrogens (tertiary/aromatic N) is 1. The number of benzene rings is 1. The second-order valence-corrected chi connectivity index (χ2v) is 8.13. The molecule has 25 heavy (non-hydrogen) atoms. The van der Waals surface area contributed by atoms with E-state index in [0.29, 0.717) is 5.56 Å². The van der Waals surface area contributed by atoms with Gasteiger partial charge in [-0.3, -0.25) is 9.59 Å². The SMILES string of the molecule is CC1(C)c2cc(C#N)ccc2C2=CCC(C(=O)O)(C(=O)O)C(C)(C)C21. The molecule has 0 bridgehead atoms. The van der Waals surface area contributed by atoms with Crippen LogP contribution in [0, 0.1) is 28.1 Å². The van der Waals surface area contributed by atoms with Gasteiger partial charge in [0, 0.05) is 5.92 Å². The number of fused-ring (bicyclic) bond motifs is 3. The number of allylic oxidation sites excluding steroid dienone is 2. The molecule has 2 aliphatic rings. The number of carbonyl (C=O) groups is 2. The van der Waals surface area contributed by atoms with Gasteiger partial charge in [0.2, 0.25) is 0 Å². The molecule has 0 saturated heterocycles. The van der Waals surface area contributed by atoms with Crippen LogP contribution in [-0.2, 0) is 15.0 Å². The predicted octanol–water partition coefficient (Wildman–Crippen LogP) is 3.43. The van der Waals surface area contributed by atoms with E-state index in [1.807, 2.05) is 26.0 Å². The highest BCUT2D eigenvalue weighted by Gasteiger charge is 2.66. The third-order valence-corrected chi connectivity index (χ3v) is 6.37. The van der Waals surface area contributed by atoms with Gasteiger partial charge < -0.3 is 10.2 Å². The first-order chi connectivity index (χ1) is 11.5. The fraction of sp³-hybridized carbons (Fsp3) is 0.450. The van der Waals surface area contributed by atoms with Gasteiger partial charge in [0.05, 0.1) is 11.6 Å². The van der Waals surface area contributed by atoms with E-state index in [1.54, 1.807) is 26.0 Å². The first kappa shape index (κ1) is 17.2. The summed E-state index contributed by atoms with van der Waals surface area (Å²) in [6.07, 6.45) is 1.73. The van der Waals surface area contributed by atoms with Crippen LogP contribution in [0.4, 0.5) is 0 Å². The summed E-state index contributed by atoms with van der Waals surface area (Å²) in [6.45, 7) is 7.48. The molecule has 1 aromatic carbocycles. The van der Waals surface area contributed by atoms with Crippen LogP contribution in [0.1, 0.15) is 50.8 Å². The van der Waals surface area contributed by atoms with Gasteiger partial charge in [0.15, 0.2) is 5.41 Å². The van der Waals surface area contributed by atoms with E-state index in [0.717, 1.165) is 16.7 Å². The highest BCUT2D eigenvalue weighted by Crippen LogP contribution is 2.65. The maximum Gasteiger partial charge on any atom is 0.321 e. The molecule has 0 saturated carbocycles. The maximum absolute atomic E-state index is 12.1. The van der Waals surface area contributed by atoms with Crippen molar-refractivity contribution in [3.05, 3.63) is 41.0 Å². The van der Waals surface area contributed by atoms with E-state index < -0.39 is 28.2 Å². The smallest absolute Gasteiger partial charge is 0.321 e. The molecule has 0 heterocycles. The Morgan fingerprint density at radius 3 is 2.28 bits per heavy atom. The van der Waals surface area contributed by atoms with Crippen molar-refractivity contribution in [1.29, 1.82) is 5.26 Å². The maximum atomic E-state index is 12.1. The summed E-state index contributed by atoms with van der Waals surface area (Å²) in [6, 6.07) is 7.63. The Kier molecular flexibility index (Phi) is 3.41. The van der Waals surface area contributed by atoms with Crippen molar-refractivity contribution in [2.24, 2.45) is 16.7 Å². The normalized spacial score (nSPS) is 24.4. The van der Waals surface area contributed by atoms with Crippen LogP contribution in [0.5, 0.6) is 0 Å². The molecule has 3 rings (SSSR count). The fourth-order valence-electron chi connectivity index (χ4n) is 5.21. The minimum Gasteiger partial charge on any atom is -0.480 e. The van der Waals surface area contributed by atoms with Crippen molar-refractivity contribution in [2.45, 2.75) is 39.5 Å². The van der Waals surface area contributed by atoms with Gasteiger partial charge in [-0.05, 0) is 46.1 Å². The largest absolute Gasteiger partial charge is 0.480 e. The van der Waals surface area contributed by atoms with Crippen LogP contribution >= 0.6 is 0 Å². The molecule has 1 atom stereocenters. The van der Waals surface area contributed by atoms with Crippen molar-refractivity contribution < 1.29 is 19.8 Å². The Balaban J connectivity index is 2.30. The molecule has 1 unspecified atom stereocenters. The summed E-state index contributed by atoms with van der Waals surface area (Å²) in [4.78, 5) is 24.1. The predicted molar refractivity (Wildman–Crippen MR) is 91.8 cm³/mol. The number of aliphatic carboxylic acids is 2. The zero-order valence-electron chi connectivity index (χ0n) is 14.8. The molecule has 5 nitrogen and oxygen atoms in total. The third kappa shape index (κ3) is 1.88. The minimum absolute atomic E-state index is 0.0496. The van der Waals surface area contributed by atoms with E-state index >= 15 is 0 Å². The molecular weight excluding hydrogens is 318 g/mol. The molecule has 1 aromatic rings. The lowest BCUT2D eigenvalue weighted by atomic mass is 9.49. The van der Waals surface area contributed by atoms with Gasteiger partial charge in [-0.2, -0.15) is 5.26 Å². The van der Waals surface area contributed by atoms with Gasteiger partial charge in [-0.15, -0.1) is 0 Å². The zero-order chi connectivity index (χ0) is 18.8. The Morgan fingerprint density at radius 2 is 1.76 bits per heavy atom. The van der Waals surface area contributed by atoms with Crippen LogP contribution in [0.2, 0.25) is 0 Å². The number of hydrogen-bond donors (Lipinski definition) is 2. The van der Waals surface area contributed by atoms with Gasteiger partial charge in [0.1, 0.15) is 0 Å². The number of hydrogen-bond acceptors (Lipinski definition) is 3. The quantitative estimate of drug-likeness (QED) is 0.804. The zero-order valence-corrected chi connectivity index (χ0v) is 14.8. The third-order valence-electron chi connectivity index (χ3n) is 6.37. The lowest BCUT2D eigenvalue weighted by Gasteiger charge is -2.51. The molecule has 0 aliphatic heterocycles. The first-order valence-electron chi connectivity index (χ1n) is 8.23. The summed E-state index contributed by atoms with van der Waals surface area (Å²) in [5.74, 6) is -2.88. The second kappa shape index (κ2) is 4.95. The van der Waals surface area contributed by atoms with Crippen molar-refractivity contribution in [1.82, 2.24) is 0 Å². The van der Waals surface area contributed by atoms with Gasteiger partial charge >= 0.3 is 11.9 Å². The van der Waals surface area contributed by atoms with E-state index in [4.69, 9.17) is 0 Å². The van der Waals surface area contributed by atoms with Crippen LogP contribution in [-0.4, -0.2) is 22.2 Å². The number of carboxylic acid groups (broad SMARTS) is 2. The average molecular weight is 339 g/mol. The van der Waals surface area contributed by atoms with E-state index in [-0.39, 0.29) is 12.3 Å². The Hall–Kier alpha value is -2.61. The monoisotopic (exact) mass is 339 g/mol. The number of carboxylic acids is 2. The Morgan fingerprint density at radius 1 is 1.16 bits per heavy atom. The summed E-state index contributed by atoms with van der Waals surface area (Å²) < 4.78 is 0. The first-order valence-corrected chi connectivity index (χ1v) is 8.23. The topological polar surface area (TPSA) is 98.4 Å². The average Bonchev–Trinajstić information content (AvgIpc) is 2.74. The fourth-order valence-corrected chi connectivity index (χ4v) is 5.21. The van der Waals surface area contributed by atoms with Crippen LogP contribution < -0.4 is 0 Å². The van der Waals surface area contributed by atoms with Crippen molar-refractivity contribution in [3.63, 3.8) is 0 Å². The molecule has 2 N–H and O–H groups in total. The van der Waals surface area contributed by atoms with Crippen molar-refractivity contribution in [2.75, 3.05) is 0 Å². The molecule has 0 aromatic heterocycles. The molecule has 0 fully saturated rings. The van der Waals surface area contributed by atoms with Crippen molar-refractivity contribution in [3.8, 4) is 6.07 Å².